The van der Waals surface area contributed by atoms with E-state index in [4.69, 9.17) is 14.2 Å². The van der Waals surface area contributed by atoms with Crippen molar-refractivity contribution in [1.82, 2.24) is 0 Å². The molecule has 0 fully saturated rings. The molecular formula is C24H22O5. The van der Waals surface area contributed by atoms with Gasteiger partial charge in [-0.2, -0.15) is 0 Å². The van der Waals surface area contributed by atoms with Crippen molar-refractivity contribution in [3.63, 3.8) is 0 Å². The van der Waals surface area contributed by atoms with E-state index in [9.17, 15) is 9.90 Å². The minimum atomic E-state index is -0.317. The van der Waals surface area contributed by atoms with Gasteiger partial charge in [-0.3, -0.25) is 4.79 Å². The summed E-state index contributed by atoms with van der Waals surface area (Å²) in [6, 6.07) is 19.1. The zero-order valence-corrected chi connectivity index (χ0v) is 16.5. The topological polar surface area (TPSA) is 65.0 Å². The number of ketones is 1. The summed E-state index contributed by atoms with van der Waals surface area (Å²) in [5.74, 6) is 1.43. The van der Waals surface area contributed by atoms with Crippen LogP contribution in [0.15, 0.2) is 66.7 Å². The molecule has 148 valence electrons. The lowest BCUT2D eigenvalue weighted by molar-refractivity contribution is 0.105. The third-order valence-electron chi connectivity index (χ3n) is 4.52. The van der Waals surface area contributed by atoms with Crippen molar-refractivity contribution in [2.45, 2.75) is 0 Å². The number of benzene rings is 3. The van der Waals surface area contributed by atoms with Gasteiger partial charge in [0.1, 0.15) is 23.0 Å². The number of phenolic OH excluding ortho intramolecular Hbond substituents is 1. The summed E-state index contributed by atoms with van der Waals surface area (Å²) < 4.78 is 16.0. The zero-order valence-electron chi connectivity index (χ0n) is 16.5. The highest BCUT2D eigenvalue weighted by molar-refractivity contribution is 6.33. The number of Topliss-reactive ketones (excluding diaryl/α,β-unsaturated/α-hetero) is 1. The number of rotatable bonds is 7. The average Bonchev–Trinajstić information content (AvgIpc) is 2.77. The number of carbonyl (C=O) groups excluding carboxylic acids is 1. The van der Waals surface area contributed by atoms with E-state index in [1.807, 2.05) is 24.3 Å². The summed E-state index contributed by atoms with van der Waals surface area (Å²) in [6.45, 7) is 0. The molecule has 0 aliphatic carbocycles. The van der Waals surface area contributed by atoms with Crippen LogP contribution < -0.4 is 14.2 Å². The van der Waals surface area contributed by atoms with E-state index in [1.165, 1.54) is 13.2 Å². The third kappa shape index (κ3) is 4.41. The van der Waals surface area contributed by atoms with Gasteiger partial charge < -0.3 is 19.3 Å². The standard InChI is InChI=1S/C24H22O5/c1-27-17-10-8-16(9-11-17)14-21(24(26)20-6-4-5-7-22(20)25)19-13-12-18(28-2)15-23(19)29-3/h4-15,25H,1-3H3. The van der Waals surface area contributed by atoms with Crippen molar-refractivity contribution in [2.75, 3.05) is 21.3 Å². The third-order valence-corrected chi connectivity index (χ3v) is 4.52. The molecule has 0 heterocycles. The number of aromatic hydroxyl groups is 1. The first kappa shape index (κ1) is 20.0. The van der Waals surface area contributed by atoms with E-state index in [1.54, 1.807) is 56.7 Å². The van der Waals surface area contributed by atoms with Gasteiger partial charge in [-0.05, 0) is 48.0 Å². The molecule has 0 aliphatic heterocycles. The zero-order chi connectivity index (χ0) is 20.8. The predicted molar refractivity (Wildman–Crippen MR) is 113 cm³/mol. The van der Waals surface area contributed by atoms with Crippen LogP contribution in [0, 0.1) is 0 Å². The van der Waals surface area contributed by atoms with Crippen molar-refractivity contribution < 1.29 is 24.1 Å². The minimum absolute atomic E-state index is 0.0781. The number of phenols is 1. The normalized spacial score (nSPS) is 11.1. The van der Waals surface area contributed by atoms with Crippen LogP contribution in [0.3, 0.4) is 0 Å². The van der Waals surface area contributed by atoms with Crippen LogP contribution in [0.4, 0.5) is 0 Å². The summed E-state index contributed by atoms with van der Waals surface area (Å²) in [5, 5.41) is 10.2. The Bertz CT molecular complexity index is 1040. The number of methoxy groups -OCH3 is 3. The van der Waals surface area contributed by atoms with Crippen LogP contribution in [0.5, 0.6) is 23.0 Å². The second-order valence-electron chi connectivity index (χ2n) is 6.24. The van der Waals surface area contributed by atoms with Gasteiger partial charge in [0.25, 0.3) is 0 Å². The molecule has 0 aliphatic rings. The van der Waals surface area contributed by atoms with Crippen molar-refractivity contribution in [3.05, 3.63) is 83.4 Å². The molecule has 0 spiro atoms. The Morgan fingerprint density at radius 3 is 2.07 bits per heavy atom. The summed E-state index contributed by atoms with van der Waals surface area (Å²) in [5.41, 5.74) is 2.00. The van der Waals surface area contributed by atoms with Crippen molar-refractivity contribution in [3.8, 4) is 23.0 Å². The van der Waals surface area contributed by atoms with Gasteiger partial charge in [0, 0.05) is 17.2 Å². The Morgan fingerprint density at radius 1 is 0.793 bits per heavy atom. The first-order valence-corrected chi connectivity index (χ1v) is 8.98. The molecule has 5 heteroatoms. The molecular weight excluding hydrogens is 368 g/mol. The van der Waals surface area contributed by atoms with E-state index in [2.05, 4.69) is 0 Å². The fourth-order valence-electron chi connectivity index (χ4n) is 2.96. The average molecular weight is 390 g/mol. The van der Waals surface area contributed by atoms with Gasteiger partial charge in [-0.1, -0.05) is 24.3 Å². The molecule has 0 aromatic heterocycles. The van der Waals surface area contributed by atoms with Crippen LogP contribution in [0.25, 0.3) is 11.6 Å². The molecule has 0 bridgehead atoms. The highest BCUT2D eigenvalue weighted by Gasteiger charge is 2.21. The van der Waals surface area contributed by atoms with Crippen LogP contribution in [0.2, 0.25) is 0 Å². The molecule has 0 saturated carbocycles. The molecule has 1 N–H and O–H groups in total. The fraction of sp³-hybridized carbons (Fsp3) is 0.125. The number of carbonyl (C=O) groups is 1. The first-order chi connectivity index (χ1) is 14.1. The van der Waals surface area contributed by atoms with Crippen molar-refractivity contribution in [1.29, 1.82) is 0 Å². The Labute approximate surface area is 169 Å². The van der Waals surface area contributed by atoms with Crippen molar-refractivity contribution >= 4 is 17.4 Å². The van der Waals surface area contributed by atoms with Gasteiger partial charge in [-0.25, -0.2) is 0 Å². The number of ether oxygens (including phenoxy) is 3. The number of para-hydroxylation sites is 1. The molecule has 5 nitrogen and oxygen atoms in total. The summed E-state index contributed by atoms with van der Waals surface area (Å²) in [6.07, 6.45) is 1.76. The Balaban J connectivity index is 2.17. The van der Waals surface area contributed by atoms with Gasteiger partial charge >= 0.3 is 0 Å². The molecule has 3 rings (SSSR count). The molecule has 0 atom stereocenters. The molecule has 0 radical (unpaired) electrons. The van der Waals surface area contributed by atoms with Gasteiger partial charge in [0.15, 0.2) is 5.78 Å². The minimum Gasteiger partial charge on any atom is -0.507 e. The molecule has 3 aromatic carbocycles. The number of hydrogen-bond acceptors (Lipinski definition) is 5. The smallest absolute Gasteiger partial charge is 0.197 e. The maximum Gasteiger partial charge on any atom is 0.197 e. The highest BCUT2D eigenvalue weighted by atomic mass is 16.5. The van der Waals surface area contributed by atoms with E-state index >= 15 is 0 Å². The van der Waals surface area contributed by atoms with Crippen molar-refractivity contribution in [2.24, 2.45) is 0 Å². The Morgan fingerprint density at radius 2 is 1.45 bits per heavy atom. The maximum absolute atomic E-state index is 13.4. The van der Waals surface area contributed by atoms with E-state index in [0.29, 0.717) is 22.6 Å². The Hall–Kier alpha value is -3.73. The lowest BCUT2D eigenvalue weighted by Crippen LogP contribution is -2.05. The lowest BCUT2D eigenvalue weighted by Gasteiger charge is -2.14. The second-order valence-corrected chi connectivity index (χ2v) is 6.24. The highest BCUT2D eigenvalue weighted by Crippen LogP contribution is 2.35. The van der Waals surface area contributed by atoms with Crippen LogP contribution >= 0.6 is 0 Å². The quantitative estimate of drug-likeness (QED) is 0.355. The summed E-state index contributed by atoms with van der Waals surface area (Å²) in [7, 11) is 4.70. The summed E-state index contributed by atoms with van der Waals surface area (Å²) in [4.78, 5) is 13.4. The second kappa shape index (κ2) is 8.97. The van der Waals surface area contributed by atoms with Crippen LogP contribution in [-0.4, -0.2) is 32.2 Å². The van der Waals surface area contributed by atoms with Crippen LogP contribution in [-0.2, 0) is 0 Å². The molecule has 0 amide bonds. The first-order valence-electron chi connectivity index (χ1n) is 8.98. The van der Waals surface area contributed by atoms with Crippen LogP contribution in [0.1, 0.15) is 21.5 Å². The van der Waals surface area contributed by atoms with Gasteiger partial charge in [0.05, 0.1) is 26.9 Å². The lowest BCUT2D eigenvalue weighted by atomic mass is 9.93. The summed E-state index contributed by atoms with van der Waals surface area (Å²) >= 11 is 0. The van der Waals surface area contributed by atoms with E-state index in [-0.39, 0.29) is 17.1 Å². The molecule has 29 heavy (non-hydrogen) atoms. The molecule has 3 aromatic rings. The molecule has 0 unspecified atom stereocenters. The largest absolute Gasteiger partial charge is 0.507 e. The number of hydrogen-bond donors (Lipinski definition) is 1. The van der Waals surface area contributed by atoms with Gasteiger partial charge in [-0.15, -0.1) is 0 Å². The van der Waals surface area contributed by atoms with Gasteiger partial charge in [0.2, 0.25) is 0 Å². The fourth-order valence-corrected chi connectivity index (χ4v) is 2.96. The van der Waals surface area contributed by atoms with E-state index in [0.717, 1.165) is 11.3 Å². The predicted octanol–water partition coefficient (Wildman–Crippen LogP) is 4.84. The Kier molecular flexibility index (Phi) is 6.19. The molecule has 0 saturated heterocycles. The van der Waals surface area contributed by atoms with E-state index < -0.39 is 0 Å². The SMILES string of the molecule is COc1ccc(C=C(C(=O)c2ccccc2O)c2ccc(OC)cc2OC)cc1. The number of allylic oxidation sites excluding steroid dienone is 1. The monoisotopic (exact) mass is 390 g/mol. The maximum atomic E-state index is 13.4.